The third-order valence-electron chi connectivity index (χ3n) is 3.37. The van der Waals surface area contributed by atoms with Crippen molar-refractivity contribution in [3.63, 3.8) is 0 Å². The molecule has 0 aliphatic rings. The van der Waals surface area contributed by atoms with Gasteiger partial charge in [0, 0.05) is 16.4 Å². The molecular formula is C16H16ClN5O2. The van der Waals surface area contributed by atoms with Crippen LogP contribution in [-0.2, 0) is 4.79 Å². The molecule has 2 aromatic heterocycles. The van der Waals surface area contributed by atoms with E-state index in [0.29, 0.717) is 16.5 Å². The van der Waals surface area contributed by atoms with Crippen molar-refractivity contribution < 1.29 is 9.53 Å². The van der Waals surface area contributed by atoms with Crippen LogP contribution in [0, 0.1) is 20.8 Å². The summed E-state index contributed by atoms with van der Waals surface area (Å²) in [5.74, 6) is 0.884. The molecule has 2 heterocycles. The molecule has 0 saturated carbocycles. The molecule has 7 nitrogen and oxygen atoms in total. The van der Waals surface area contributed by atoms with E-state index in [1.54, 1.807) is 22.7 Å². The fourth-order valence-corrected chi connectivity index (χ4v) is 2.52. The number of fused-ring (bicyclic) bond motifs is 1. The summed E-state index contributed by atoms with van der Waals surface area (Å²) in [7, 11) is 0. The summed E-state index contributed by atoms with van der Waals surface area (Å²) >= 11 is 5.89. The molecule has 3 aromatic rings. The summed E-state index contributed by atoms with van der Waals surface area (Å²) in [5.41, 5.74) is 2.59. The first-order valence-electron chi connectivity index (χ1n) is 7.32. The van der Waals surface area contributed by atoms with Gasteiger partial charge in [0.05, 0.1) is 0 Å². The van der Waals surface area contributed by atoms with Gasteiger partial charge in [-0.15, -0.1) is 5.10 Å². The van der Waals surface area contributed by atoms with Crippen molar-refractivity contribution >= 4 is 29.2 Å². The van der Waals surface area contributed by atoms with Crippen LogP contribution < -0.4 is 10.1 Å². The number of nitrogens with one attached hydrogen (secondary N) is 1. The second-order valence-electron chi connectivity index (χ2n) is 5.43. The number of carbonyl (C=O) groups excluding carboxylic acids is 1. The van der Waals surface area contributed by atoms with Crippen molar-refractivity contribution in [3.8, 4) is 5.75 Å². The van der Waals surface area contributed by atoms with E-state index < -0.39 is 0 Å². The minimum atomic E-state index is -0.352. The van der Waals surface area contributed by atoms with Crippen LogP contribution >= 0.6 is 11.6 Å². The number of hydrogen-bond acceptors (Lipinski definition) is 5. The van der Waals surface area contributed by atoms with Crippen LogP contribution in [0.15, 0.2) is 24.3 Å². The van der Waals surface area contributed by atoms with E-state index >= 15 is 0 Å². The zero-order valence-electron chi connectivity index (χ0n) is 13.5. The smallest absolute Gasteiger partial charge is 0.264 e. The largest absolute Gasteiger partial charge is 0.483 e. The van der Waals surface area contributed by atoms with Crippen molar-refractivity contribution in [2.75, 3.05) is 11.9 Å². The van der Waals surface area contributed by atoms with Gasteiger partial charge in [-0.1, -0.05) is 11.6 Å². The van der Waals surface area contributed by atoms with Gasteiger partial charge in [-0.05, 0) is 50.6 Å². The van der Waals surface area contributed by atoms with Gasteiger partial charge in [0.25, 0.3) is 17.6 Å². The predicted molar refractivity (Wildman–Crippen MR) is 90.6 cm³/mol. The standard InChI is InChI=1S/C16H16ClN5O2/c1-9-6-12(17)4-5-13(9)24-8-14(23)19-15-20-16-18-10(2)7-11(3)22(16)21-15/h4-7H,8H2,1-3H3,(H,19,21,23). The number of carbonyl (C=O) groups is 1. The van der Waals surface area contributed by atoms with Gasteiger partial charge in [0.2, 0.25) is 0 Å². The Bertz CT molecular complexity index is 922. The van der Waals surface area contributed by atoms with Gasteiger partial charge >= 0.3 is 0 Å². The number of halogens is 1. The van der Waals surface area contributed by atoms with E-state index in [1.807, 2.05) is 26.8 Å². The van der Waals surface area contributed by atoms with Crippen LogP contribution in [-0.4, -0.2) is 32.1 Å². The number of amides is 1. The number of hydrogen-bond donors (Lipinski definition) is 1. The maximum absolute atomic E-state index is 12.0. The normalized spacial score (nSPS) is 10.8. The van der Waals surface area contributed by atoms with Gasteiger partial charge in [-0.25, -0.2) is 4.98 Å². The van der Waals surface area contributed by atoms with Crippen LogP contribution in [0.5, 0.6) is 5.75 Å². The van der Waals surface area contributed by atoms with Gasteiger partial charge < -0.3 is 4.74 Å². The summed E-state index contributed by atoms with van der Waals surface area (Å²) in [5, 5.41) is 7.44. The zero-order valence-corrected chi connectivity index (χ0v) is 14.3. The molecule has 1 amide bonds. The average molecular weight is 346 g/mol. The van der Waals surface area contributed by atoms with E-state index in [2.05, 4.69) is 20.4 Å². The third-order valence-corrected chi connectivity index (χ3v) is 3.60. The number of ether oxygens (including phenoxy) is 1. The second kappa shape index (κ2) is 6.45. The Labute approximate surface area is 143 Å². The van der Waals surface area contributed by atoms with Crippen molar-refractivity contribution in [2.24, 2.45) is 0 Å². The lowest BCUT2D eigenvalue weighted by molar-refractivity contribution is -0.118. The van der Waals surface area contributed by atoms with Crippen molar-refractivity contribution in [2.45, 2.75) is 20.8 Å². The van der Waals surface area contributed by atoms with Gasteiger partial charge in [-0.3, -0.25) is 10.1 Å². The molecule has 0 bridgehead atoms. The number of rotatable bonds is 4. The summed E-state index contributed by atoms with van der Waals surface area (Å²) in [6.45, 7) is 5.49. The van der Waals surface area contributed by atoms with Crippen molar-refractivity contribution in [1.29, 1.82) is 0 Å². The third kappa shape index (κ3) is 3.46. The highest BCUT2D eigenvalue weighted by molar-refractivity contribution is 6.30. The molecule has 0 aliphatic heterocycles. The number of aromatic nitrogens is 4. The first-order valence-corrected chi connectivity index (χ1v) is 7.70. The van der Waals surface area contributed by atoms with Crippen LogP contribution in [0.1, 0.15) is 17.0 Å². The Kier molecular flexibility index (Phi) is 4.35. The van der Waals surface area contributed by atoms with Crippen LogP contribution in [0.2, 0.25) is 5.02 Å². The molecule has 0 radical (unpaired) electrons. The van der Waals surface area contributed by atoms with Gasteiger partial charge in [0.1, 0.15) is 5.75 Å². The molecular weight excluding hydrogens is 330 g/mol. The second-order valence-corrected chi connectivity index (χ2v) is 5.87. The van der Waals surface area contributed by atoms with Crippen LogP contribution in [0.25, 0.3) is 5.78 Å². The minimum Gasteiger partial charge on any atom is -0.483 e. The number of anilines is 1. The molecule has 1 N–H and O–H groups in total. The lowest BCUT2D eigenvalue weighted by Crippen LogP contribution is -2.21. The first kappa shape index (κ1) is 16.2. The average Bonchev–Trinajstić information content (AvgIpc) is 2.89. The quantitative estimate of drug-likeness (QED) is 0.786. The Morgan fingerprint density at radius 2 is 2.04 bits per heavy atom. The van der Waals surface area contributed by atoms with Gasteiger partial charge in [-0.2, -0.15) is 9.50 Å². The highest BCUT2D eigenvalue weighted by atomic mass is 35.5. The highest BCUT2D eigenvalue weighted by Gasteiger charge is 2.11. The van der Waals surface area contributed by atoms with Crippen LogP contribution in [0.4, 0.5) is 5.95 Å². The maximum Gasteiger partial charge on any atom is 0.264 e. The topological polar surface area (TPSA) is 81.4 Å². The summed E-state index contributed by atoms with van der Waals surface area (Å²) in [6, 6.07) is 7.10. The van der Waals surface area contributed by atoms with E-state index in [4.69, 9.17) is 16.3 Å². The number of aryl methyl sites for hydroxylation is 3. The molecule has 24 heavy (non-hydrogen) atoms. The zero-order chi connectivity index (χ0) is 17.3. The Morgan fingerprint density at radius 3 is 2.79 bits per heavy atom. The molecule has 0 atom stereocenters. The molecule has 8 heteroatoms. The van der Waals surface area contributed by atoms with Gasteiger partial charge in [0.15, 0.2) is 6.61 Å². The predicted octanol–water partition coefficient (Wildman–Crippen LogP) is 2.72. The Hall–Kier alpha value is -2.67. The molecule has 0 aliphatic carbocycles. The van der Waals surface area contributed by atoms with E-state index in [-0.39, 0.29) is 18.5 Å². The summed E-state index contributed by atoms with van der Waals surface area (Å²) in [6.07, 6.45) is 0. The summed E-state index contributed by atoms with van der Waals surface area (Å²) < 4.78 is 7.07. The SMILES string of the molecule is Cc1cc(C)n2nc(NC(=O)COc3ccc(Cl)cc3C)nc2n1. The fraction of sp³-hybridized carbons (Fsp3) is 0.250. The monoisotopic (exact) mass is 345 g/mol. The van der Waals surface area contributed by atoms with Crippen molar-refractivity contribution in [1.82, 2.24) is 19.6 Å². The molecule has 0 spiro atoms. The molecule has 3 rings (SSSR count). The molecule has 0 unspecified atom stereocenters. The number of benzene rings is 1. The Balaban J connectivity index is 1.67. The van der Waals surface area contributed by atoms with E-state index in [9.17, 15) is 4.79 Å². The molecule has 0 fully saturated rings. The Morgan fingerprint density at radius 1 is 1.25 bits per heavy atom. The molecule has 124 valence electrons. The van der Waals surface area contributed by atoms with Crippen LogP contribution in [0.3, 0.4) is 0 Å². The fourth-order valence-electron chi connectivity index (χ4n) is 2.30. The molecule has 0 saturated heterocycles. The van der Waals surface area contributed by atoms with E-state index in [1.165, 1.54) is 0 Å². The van der Waals surface area contributed by atoms with Crippen molar-refractivity contribution in [3.05, 3.63) is 46.2 Å². The number of nitrogens with zero attached hydrogens (tertiary/aromatic N) is 4. The highest BCUT2D eigenvalue weighted by Crippen LogP contribution is 2.21. The summed E-state index contributed by atoms with van der Waals surface area (Å²) in [4.78, 5) is 20.5. The van der Waals surface area contributed by atoms with E-state index in [0.717, 1.165) is 17.0 Å². The molecule has 1 aromatic carbocycles. The lowest BCUT2D eigenvalue weighted by Gasteiger charge is -2.08. The lowest BCUT2D eigenvalue weighted by atomic mass is 10.2. The first-order chi connectivity index (χ1) is 11.4. The minimum absolute atomic E-state index is 0.149. The maximum atomic E-state index is 12.0.